The maximum absolute atomic E-state index is 8.88. The fraction of sp³-hybridized carbons (Fsp3) is 0. The first-order chi connectivity index (χ1) is 9.22. The third-order valence-corrected chi connectivity index (χ3v) is 3.23. The summed E-state index contributed by atoms with van der Waals surface area (Å²) >= 11 is 0. The summed E-state index contributed by atoms with van der Waals surface area (Å²) in [6.07, 6.45) is 0. The Hall–Kier alpha value is -2.93. The van der Waals surface area contributed by atoms with E-state index < -0.39 is 0 Å². The van der Waals surface area contributed by atoms with Crippen molar-refractivity contribution in [1.29, 1.82) is 5.26 Å². The van der Waals surface area contributed by atoms with E-state index >= 15 is 0 Å². The summed E-state index contributed by atoms with van der Waals surface area (Å²) in [7, 11) is 0. The van der Waals surface area contributed by atoms with Gasteiger partial charge in [-0.3, -0.25) is 0 Å². The van der Waals surface area contributed by atoms with E-state index in [9.17, 15) is 0 Å². The zero-order chi connectivity index (χ0) is 13.4. The summed E-state index contributed by atoms with van der Waals surface area (Å²) in [4.78, 5) is 3.33. The Morgan fingerprint density at radius 1 is 1.00 bits per heavy atom. The number of H-pyrrole nitrogens is 1. The van der Waals surface area contributed by atoms with E-state index in [-0.39, 0.29) is 5.70 Å². The average molecular weight is 248 g/mol. The Labute approximate surface area is 109 Å². The third-order valence-electron chi connectivity index (χ3n) is 3.23. The molecule has 19 heavy (non-hydrogen) atoms. The maximum atomic E-state index is 8.88. The maximum Gasteiger partial charge on any atom is 0.134 e. The van der Waals surface area contributed by atoms with Crippen molar-refractivity contribution in [2.24, 2.45) is 11.5 Å². The van der Waals surface area contributed by atoms with Crippen molar-refractivity contribution < 1.29 is 0 Å². The Morgan fingerprint density at radius 2 is 1.74 bits per heavy atom. The number of nitrogens with zero attached hydrogens (tertiary/aromatic N) is 1. The average Bonchev–Trinajstić information content (AvgIpc) is 2.84. The van der Waals surface area contributed by atoms with Crippen molar-refractivity contribution in [3.05, 3.63) is 53.7 Å². The molecule has 0 atom stereocenters. The van der Waals surface area contributed by atoms with Gasteiger partial charge in [-0.25, -0.2) is 0 Å². The Bertz CT molecular complexity index is 849. The highest BCUT2D eigenvalue weighted by Crippen LogP contribution is 2.30. The topological polar surface area (TPSA) is 91.6 Å². The van der Waals surface area contributed by atoms with Gasteiger partial charge in [0.1, 0.15) is 11.8 Å². The number of rotatable bonds is 1. The van der Waals surface area contributed by atoms with Crippen LogP contribution in [0.5, 0.6) is 0 Å². The number of nitriles is 1. The Kier molecular flexibility index (Phi) is 2.39. The van der Waals surface area contributed by atoms with Gasteiger partial charge >= 0.3 is 0 Å². The summed E-state index contributed by atoms with van der Waals surface area (Å²) in [6.45, 7) is 0. The summed E-state index contributed by atoms with van der Waals surface area (Å²) in [5, 5.41) is 10.9. The number of nitrogens with two attached hydrogens (primary N) is 2. The Balaban J connectivity index is 2.47. The van der Waals surface area contributed by atoms with Gasteiger partial charge in [0, 0.05) is 27.4 Å². The van der Waals surface area contributed by atoms with Gasteiger partial charge in [-0.15, -0.1) is 0 Å². The molecule has 0 aliphatic heterocycles. The zero-order valence-corrected chi connectivity index (χ0v) is 10.1. The molecule has 2 aromatic carbocycles. The van der Waals surface area contributed by atoms with Gasteiger partial charge in [-0.2, -0.15) is 5.26 Å². The van der Waals surface area contributed by atoms with E-state index in [1.165, 1.54) is 0 Å². The first-order valence-corrected chi connectivity index (χ1v) is 5.87. The lowest BCUT2D eigenvalue weighted by molar-refractivity contribution is 1.36. The van der Waals surface area contributed by atoms with Crippen molar-refractivity contribution in [1.82, 2.24) is 4.98 Å². The van der Waals surface area contributed by atoms with E-state index in [4.69, 9.17) is 16.7 Å². The number of aromatic amines is 1. The lowest BCUT2D eigenvalue weighted by atomic mass is 10.0. The number of allylic oxidation sites excluding steroid dienone is 1. The van der Waals surface area contributed by atoms with E-state index in [2.05, 4.69) is 4.98 Å². The first-order valence-electron chi connectivity index (χ1n) is 5.87. The SMILES string of the molecule is N#C/C(N)=C(/N)c1cccc2[nH]c3ccccc3c12. The number of fused-ring (bicyclic) bond motifs is 3. The molecule has 0 amide bonds. The molecular formula is C15H12N4. The lowest BCUT2D eigenvalue weighted by Gasteiger charge is -2.05. The molecule has 0 radical (unpaired) electrons. The number of nitrogens with one attached hydrogen (secondary N) is 1. The minimum Gasteiger partial charge on any atom is -0.396 e. The van der Waals surface area contributed by atoms with Crippen LogP contribution in [0.25, 0.3) is 27.5 Å². The molecule has 0 spiro atoms. The van der Waals surface area contributed by atoms with Crippen LogP contribution in [-0.2, 0) is 0 Å². The van der Waals surface area contributed by atoms with Gasteiger partial charge in [-0.1, -0.05) is 30.3 Å². The van der Waals surface area contributed by atoms with Crippen LogP contribution in [0.1, 0.15) is 5.56 Å². The van der Waals surface area contributed by atoms with Gasteiger partial charge in [-0.05, 0) is 12.1 Å². The molecule has 1 aromatic heterocycles. The van der Waals surface area contributed by atoms with Gasteiger partial charge in [0.2, 0.25) is 0 Å². The molecule has 92 valence electrons. The third kappa shape index (κ3) is 1.60. The Morgan fingerprint density at radius 3 is 2.53 bits per heavy atom. The molecule has 0 saturated heterocycles. The number of benzene rings is 2. The van der Waals surface area contributed by atoms with E-state index in [0.29, 0.717) is 5.70 Å². The van der Waals surface area contributed by atoms with Crippen LogP contribution in [0.15, 0.2) is 48.2 Å². The highest BCUT2D eigenvalue weighted by Gasteiger charge is 2.11. The van der Waals surface area contributed by atoms with Crippen LogP contribution in [0.3, 0.4) is 0 Å². The molecule has 3 aromatic rings. The molecule has 0 unspecified atom stereocenters. The number of para-hydroxylation sites is 1. The summed E-state index contributed by atoms with van der Waals surface area (Å²) in [5.74, 6) is 0. The molecule has 1 heterocycles. The molecule has 4 heteroatoms. The van der Waals surface area contributed by atoms with Crippen LogP contribution >= 0.6 is 0 Å². The van der Waals surface area contributed by atoms with Crippen molar-refractivity contribution in [3.63, 3.8) is 0 Å². The number of aromatic nitrogens is 1. The molecule has 3 rings (SSSR count). The van der Waals surface area contributed by atoms with Gasteiger partial charge in [0.15, 0.2) is 0 Å². The molecule has 0 saturated carbocycles. The van der Waals surface area contributed by atoms with Crippen LogP contribution in [-0.4, -0.2) is 4.98 Å². The molecule has 5 N–H and O–H groups in total. The van der Waals surface area contributed by atoms with E-state index in [1.807, 2.05) is 48.5 Å². The molecule has 0 aliphatic rings. The minimum atomic E-state index is 0.0396. The zero-order valence-electron chi connectivity index (χ0n) is 10.1. The molecule has 0 aliphatic carbocycles. The highest BCUT2D eigenvalue weighted by molar-refractivity contribution is 6.12. The second kappa shape index (κ2) is 4.07. The summed E-state index contributed by atoms with van der Waals surface area (Å²) in [5.41, 5.74) is 14.8. The minimum absolute atomic E-state index is 0.0396. The van der Waals surface area contributed by atoms with Gasteiger partial charge < -0.3 is 16.5 Å². The second-order valence-corrected chi connectivity index (χ2v) is 4.34. The summed E-state index contributed by atoms with van der Waals surface area (Å²) < 4.78 is 0. The van der Waals surface area contributed by atoms with Gasteiger partial charge in [0.05, 0.1) is 5.70 Å². The fourth-order valence-corrected chi connectivity index (χ4v) is 2.33. The predicted octanol–water partition coefficient (Wildman–Crippen LogP) is 2.43. The highest BCUT2D eigenvalue weighted by atomic mass is 14.7. The standard InChI is InChI=1S/C15H12N4/c16-8-11(17)15(18)10-5-3-7-13-14(10)9-4-1-2-6-12(9)19-13/h1-7,19H,17-18H2/b15-11-. The lowest BCUT2D eigenvalue weighted by Crippen LogP contribution is -2.07. The van der Waals surface area contributed by atoms with E-state index in [0.717, 1.165) is 27.4 Å². The molecular weight excluding hydrogens is 236 g/mol. The van der Waals surface area contributed by atoms with E-state index in [1.54, 1.807) is 0 Å². The van der Waals surface area contributed by atoms with Crippen molar-refractivity contribution in [3.8, 4) is 6.07 Å². The smallest absolute Gasteiger partial charge is 0.134 e. The monoisotopic (exact) mass is 248 g/mol. The van der Waals surface area contributed by atoms with Crippen molar-refractivity contribution in [2.45, 2.75) is 0 Å². The molecule has 0 bridgehead atoms. The molecule has 4 nitrogen and oxygen atoms in total. The quantitative estimate of drug-likeness (QED) is 0.577. The van der Waals surface area contributed by atoms with Gasteiger partial charge in [0.25, 0.3) is 0 Å². The van der Waals surface area contributed by atoms with Crippen LogP contribution in [0.2, 0.25) is 0 Å². The first kappa shape index (κ1) is 11.2. The van der Waals surface area contributed by atoms with Crippen LogP contribution in [0, 0.1) is 11.3 Å². The largest absolute Gasteiger partial charge is 0.396 e. The van der Waals surface area contributed by atoms with Crippen molar-refractivity contribution >= 4 is 27.5 Å². The molecule has 0 fully saturated rings. The summed E-state index contributed by atoms with van der Waals surface area (Å²) in [6, 6.07) is 15.6. The predicted molar refractivity (Wildman–Crippen MR) is 76.7 cm³/mol. The fourth-order valence-electron chi connectivity index (χ4n) is 2.33. The number of hydrogen-bond donors (Lipinski definition) is 3. The van der Waals surface area contributed by atoms with Crippen LogP contribution in [0.4, 0.5) is 0 Å². The normalized spacial score (nSPS) is 12.4. The van der Waals surface area contributed by atoms with Crippen LogP contribution < -0.4 is 11.5 Å². The number of hydrogen-bond acceptors (Lipinski definition) is 3. The van der Waals surface area contributed by atoms with Crippen molar-refractivity contribution in [2.75, 3.05) is 0 Å². The second-order valence-electron chi connectivity index (χ2n) is 4.34.